The fourth-order valence-electron chi connectivity index (χ4n) is 2.80. The van der Waals surface area contributed by atoms with Crippen molar-refractivity contribution in [1.82, 2.24) is 0 Å². The molecule has 0 spiro atoms. The molecule has 0 heterocycles. The molecule has 1 N–H and O–H groups in total. The molecule has 3 rings (SSSR count). The molecule has 0 atom stereocenters. The molecular weight excluding hydrogens is 446 g/mol. The second kappa shape index (κ2) is 9.77. The highest BCUT2D eigenvalue weighted by molar-refractivity contribution is 9.10. The van der Waals surface area contributed by atoms with E-state index < -0.39 is 5.97 Å². The Morgan fingerprint density at radius 3 is 2.47 bits per heavy atom. The van der Waals surface area contributed by atoms with Crippen LogP contribution in [0.5, 0.6) is 11.5 Å². The van der Waals surface area contributed by atoms with Crippen molar-refractivity contribution < 1.29 is 19.4 Å². The number of benzene rings is 3. The first-order valence-electron chi connectivity index (χ1n) is 9.01. The van der Waals surface area contributed by atoms with Crippen molar-refractivity contribution in [3.63, 3.8) is 0 Å². The molecule has 0 aliphatic heterocycles. The van der Waals surface area contributed by atoms with Crippen molar-refractivity contribution in [2.75, 3.05) is 7.11 Å². The third kappa shape index (κ3) is 5.28. The van der Waals surface area contributed by atoms with Crippen LogP contribution in [0, 0.1) is 11.3 Å². The van der Waals surface area contributed by atoms with Gasteiger partial charge in [0.25, 0.3) is 0 Å². The van der Waals surface area contributed by atoms with Gasteiger partial charge in [0.2, 0.25) is 0 Å². The van der Waals surface area contributed by atoms with Gasteiger partial charge in [-0.3, -0.25) is 0 Å². The van der Waals surface area contributed by atoms with Gasteiger partial charge >= 0.3 is 5.97 Å². The molecule has 3 aromatic rings. The zero-order valence-electron chi connectivity index (χ0n) is 16.1. The number of nitriles is 1. The molecule has 0 amide bonds. The molecule has 0 fully saturated rings. The number of ether oxygens (including phenoxy) is 2. The van der Waals surface area contributed by atoms with E-state index in [0.717, 1.165) is 21.2 Å². The summed E-state index contributed by atoms with van der Waals surface area (Å²) in [4.78, 5) is 10.9. The Labute approximate surface area is 182 Å². The number of hydrogen-bond donors (Lipinski definition) is 1. The third-order valence-corrected chi connectivity index (χ3v) is 4.84. The summed E-state index contributed by atoms with van der Waals surface area (Å²) in [5.41, 5.74) is 3.22. The topological polar surface area (TPSA) is 79.5 Å². The lowest BCUT2D eigenvalue weighted by Gasteiger charge is -2.12. The first-order chi connectivity index (χ1) is 14.5. The van der Waals surface area contributed by atoms with E-state index in [0.29, 0.717) is 17.1 Å². The first kappa shape index (κ1) is 21.2. The Balaban J connectivity index is 1.79. The number of nitrogens with zero attached hydrogens (tertiary/aromatic N) is 1. The van der Waals surface area contributed by atoms with E-state index in [1.165, 1.54) is 12.1 Å². The predicted octanol–water partition coefficient (Wildman–Crippen LogP) is 5.80. The van der Waals surface area contributed by atoms with Crippen molar-refractivity contribution in [1.29, 1.82) is 5.26 Å². The molecule has 0 saturated heterocycles. The normalized spacial score (nSPS) is 10.9. The van der Waals surface area contributed by atoms with Crippen molar-refractivity contribution in [3.8, 4) is 17.6 Å². The maximum absolute atomic E-state index is 10.9. The Morgan fingerprint density at radius 1 is 1.07 bits per heavy atom. The van der Waals surface area contributed by atoms with Crippen molar-refractivity contribution >= 4 is 33.5 Å². The van der Waals surface area contributed by atoms with Gasteiger partial charge in [-0.05, 0) is 59.2 Å². The SMILES string of the molecule is COc1cc(C=C(C#N)c2cccc(Br)c2)ccc1OCc1ccc(C(=O)O)cc1. The van der Waals surface area contributed by atoms with E-state index >= 15 is 0 Å². The van der Waals surface area contributed by atoms with Gasteiger partial charge in [0.05, 0.1) is 24.3 Å². The number of hydrogen-bond acceptors (Lipinski definition) is 4. The second-order valence-corrected chi connectivity index (χ2v) is 7.30. The fourth-order valence-corrected chi connectivity index (χ4v) is 3.20. The van der Waals surface area contributed by atoms with Gasteiger partial charge in [0, 0.05) is 4.47 Å². The molecule has 0 unspecified atom stereocenters. The monoisotopic (exact) mass is 463 g/mol. The van der Waals surface area contributed by atoms with Crippen LogP contribution in [0.3, 0.4) is 0 Å². The standard InChI is InChI=1S/C24H18BrNO4/c1-29-23-12-17(11-20(14-26)19-3-2-4-21(25)13-19)7-10-22(23)30-15-16-5-8-18(9-6-16)24(27)28/h2-13H,15H2,1H3,(H,27,28). The van der Waals surface area contributed by atoms with Gasteiger partial charge in [-0.25, -0.2) is 4.79 Å². The number of carbonyl (C=O) groups is 1. The quantitative estimate of drug-likeness (QED) is 0.353. The highest BCUT2D eigenvalue weighted by atomic mass is 79.9. The number of methoxy groups -OCH3 is 1. The molecule has 3 aromatic carbocycles. The minimum absolute atomic E-state index is 0.228. The maximum Gasteiger partial charge on any atom is 0.335 e. The maximum atomic E-state index is 10.9. The molecule has 0 aromatic heterocycles. The van der Waals surface area contributed by atoms with Gasteiger partial charge in [-0.15, -0.1) is 0 Å². The van der Waals surface area contributed by atoms with Crippen LogP contribution in [0.15, 0.2) is 71.2 Å². The Bertz CT molecular complexity index is 1130. The van der Waals surface area contributed by atoms with E-state index in [1.54, 1.807) is 37.5 Å². The number of rotatable bonds is 7. The van der Waals surface area contributed by atoms with Crippen LogP contribution in [0.1, 0.15) is 27.0 Å². The molecular formula is C24H18BrNO4. The van der Waals surface area contributed by atoms with Crippen LogP contribution < -0.4 is 9.47 Å². The highest BCUT2D eigenvalue weighted by Crippen LogP contribution is 2.31. The summed E-state index contributed by atoms with van der Waals surface area (Å²) in [5.74, 6) is 0.128. The van der Waals surface area contributed by atoms with E-state index in [2.05, 4.69) is 22.0 Å². The molecule has 0 bridgehead atoms. The van der Waals surface area contributed by atoms with Gasteiger partial charge in [0.1, 0.15) is 6.61 Å². The van der Waals surface area contributed by atoms with E-state index in [-0.39, 0.29) is 12.2 Å². The molecule has 0 saturated carbocycles. The minimum Gasteiger partial charge on any atom is -0.493 e. The Kier molecular flexibility index (Phi) is 6.89. The molecule has 0 aliphatic rings. The zero-order valence-corrected chi connectivity index (χ0v) is 17.7. The summed E-state index contributed by atoms with van der Waals surface area (Å²) in [6.07, 6.45) is 1.79. The molecule has 0 aliphatic carbocycles. The number of carboxylic acids is 1. The summed E-state index contributed by atoms with van der Waals surface area (Å²) >= 11 is 3.42. The predicted molar refractivity (Wildman–Crippen MR) is 118 cm³/mol. The minimum atomic E-state index is -0.965. The molecule has 5 nitrogen and oxygen atoms in total. The van der Waals surface area contributed by atoms with Crippen LogP contribution >= 0.6 is 15.9 Å². The number of aromatic carboxylic acids is 1. The second-order valence-electron chi connectivity index (χ2n) is 6.38. The molecule has 6 heteroatoms. The van der Waals surface area contributed by atoms with Crippen molar-refractivity contribution in [3.05, 3.63) is 93.5 Å². The van der Waals surface area contributed by atoms with Gasteiger partial charge < -0.3 is 14.6 Å². The molecule has 150 valence electrons. The van der Waals surface area contributed by atoms with Gasteiger partial charge in [-0.1, -0.05) is 46.3 Å². The zero-order chi connectivity index (χ0) is 21.5. The first-order valence-corrected chi connectivity index (χ1v) is 9.80. The smallest absolute Gasteiger partial charge is 0.335 e. The average molecular weight is 464 g/mol. The lowest BCUT2D eigenvalue weighted by atomic mass is 10.0. The Morgan fingerprint density at radius 2 is 1.83 bits per heavy atom. The van der Waals surface area contributed by atoms with E-state index in [9.17, 15) is 10.1 Å². The lowest BCUT2D eigenvalue weighted by Crippen LogP contribution is -2.00. The van der Waals surface area contributed by atoms with Gasteiger partial charge in [-0.2, -0.15) is 5.26 Å². The lowest BCUT2D eigenvalue weighted by molar-refractivity contribution is 0.0697. The largest absolute Gasteiger partial charge is 0.493 e. The van der Waals surface area contributed by atoms with Crippen molar-refractivity contribution in [2.45, 2.75) is 6.61 Å². The molecule has 30 heavy (non-hydrogen) atoms. The van der Waals surface area contributed by atoms with E-state index in [4.69, 9.17) is 14.6 Å². The number of carboxylic acid groups (broad SMARTS) is 1. The van der Waals surface area contributed by atoms with Crippen LogP contribution in [0.4, 0.5) is 0 Å². The number of allylic oxidation sites excluding steroid dienone is 1. The summed E-state index contributed by atoms with van der Waals surface area (Å²) in [7, 11) is 1.55. The Hall–Kier alpha value is -3.56. The van der Waals surface area contributed by atoms with Crippen molar-refractivity contribution in [2.24, 2.45) is 0 Å². The van der Waals surface area contributed by atoms with Crippen LogP contribution in [0.25, 0.3) is 11.6 Å². The van der Waals surface area contributed by atoms with Crippen LogP contribution in [-0.2, 0) is 6.61 Å². The fraction of sp³-hybridized carbons (Fsp3) is 0.0833. The highest BCUT2D eigenvalue weighted by Gasteiger charge is 2.08. The summed E-state index contributed by atoms with van der Waals surface area (Å²) in [6.45, 7) is 0.271. The molecule has 0 radical (unpaired) electrons. The number of halogens is 1. The van der Waals surface area contributed by atoms with Crippen LogP contribution in [0.2, 0.25) is 0 Å². The van der Waals surface area contributed by atoms with E-state index in [1.807, 2.05) is 30.3 Å². The van der Waals surface area contributed by atoms with Gasteiger partial charge in [0.15, 0.2) is 11.5 Å². The van der Waals surface area contributed by atoms with Crippen LogP contribution in [-0.4, -0.2) is 18.2 Å². The summed E-state index contributed by atoms with van der Waals surface area (Å²) < 4.78 is 12.2. The third-order valence-electron chi connectivity index (χ3n) is 4.35. The average Bonchev–Trinajstić information content (AvgIpc) is 2.76. The summed E-state index contributed by atoms with van der Waals surface area (Å²) in [6, 6.07) is 21.7. The summed E-state index contributed by atoms with van der Waals surface area (Å²) in [5, 5.41) is 18.5.